The molecule has 0 saturated heterocycles. The van der Waals surface area contributed by atoms with Gasteiger partial charge in [0.2, 0.25) is 5.91 Å². The minimum Gasteiger partial charge on any atom is -0.493 e. The maximum Gasteiger partial charge on any atom is 0.221 e. The Balaban J connectivity index is 1.65. The summed E-state index contributed by atoms with van der Waals surface area (Å²) in [6.45, 7) is 4.12. The predicted molar refractivity (Wildman–Crippen MR) is 98.7 cm³/mol. The van der Waals surface area contributed by atoms with Crippen LogP contribution in [0.2, 0.25) is 0 Å². The van der Waals surface area contributed by atoms with Crippen LogP contribution in [0.4, 0.5) is 5.69 Å². The first kappa shape index (κ1) is 16.8. The molecule has 0 unspecified atom stereocenters. The number of rotatable bonds is 6. The summed E-state index contributed by atoms with van der Waals surface area (Å²) >= 11 is 0. The molecule has 0 aliphatic rings. The van der Waals surface area contributed by atoms with Crippen molar-refractivity contribution in [2.75, 3.05) is 11.9 Å². The molecule has 0 atom stereocenters. The van der Waals surface area contributed by atoms with Crippen LogP contribution in [0.1, 0.15) is 18.1 Å². The highest BCUT2D eigenvalue weighted by Crippen LogP contribution is 2.28. The Hall–Kier alpha value is -3.08. The molecule has 0 saturated carbocycles. The van der Waals surface area contributed by atoms with E-state index in [9.17, 15) is 4.79 Å². The first-order valence-electron chi connectivity index (χ1n) is 8.21. The SMILES string of the molecule is CC(=O)Nc1ccc(CCOc2ccccc2-c2cnc[nH]2)c(C)c1. The molecule has 1 amide bonds. The van der Waals surface area contributed by atoms with Crippen molar-refractivity contribution < 1.29 is 9.53 Å². The van der Waals surface area contributed by atoms with Crippen molar-refractivity contribution in [1.29, 1.82) is 0 Å². The lowest BCUT2D eigenvalue weighted by Crippen LogP contribution is -2.07. The topological polar surface area (TPSA) is 67.0 Å². The van der Waals surface area contributed by atoms with E-state index in [2.05, 4.69) is 15.3 Å². The number of ether oxygens (including phenoxy) is 1. The zero-order valence-corrected chi connectivity index (χ0v) is 14.4. The van der Waals surface area contributed by atoms with Gasteiger partial charge in [-0.05, 0) is 42.3 Å². The van der Waals surface area contributed by atoms with Crippen LogP contribution >= 0.6 is 0 Å². The first-order valence-corrected chi connectivity index (χ1v) is 8.21. The van der Waals surface area contributed by atoms with Crippen molar-refractivity contribution in [2.45, 2.75) is 20.3 Å². The van der Waals surface area contributed by atoms with E-state index in [1.807, 2.05) is 49.4 Å². The highest BCUT2D eigenvalue weighted by atomic mass is 16.5. The number of H-pyrrole nitrogens is 1. The number of hydrogen-bond acceptors (Lipinski definition) is 3. The van der Waals surface area contributed by atoms with Crippen LogP contribution < -0.4 is 10.1 Å². The van der Waals surface area contributed by atoms with Gasteiger partial charge in [0, 0.05) is 24.6 Å². The van der Waals surface area contributed by atoms with Gasteiger partial charge in [-0.1, -0.05) is 18.2 Å². The van der Waals surface area contributed by atoms with Crippen LogP contribution in [0.3, 0.4) is 0 Å². The van der Waals surface area contributed by atoms with Gasteiger partial charge in [0.15, 0.2) is 0 Å². The van der Waals surface area contributed by atoms with Gasteiger partial charge >= 0.3 is 0 Å². The van der Waals surface area contributed by atoms with Crippen LogP contribution in [0.5, 0.6) is 5.75 Å². The van der Waals surface area contributed by atoms with Crippen molar-refractivity contribution >= 4 is 11.6 Å². The highest BCUT2D eigenvalue weighted by Gasteiger charge is 2.07. The lowest BCUT2D eigenvalue weighted by Gasteiger charge is -2.12. The molecule has 5 heteroatoms. The van der Waals surface area contributed by atoms with Gasteiger partial charge in [0.05, 0.1) is 24.8 Å². The van der Waals surface area contributed by atoms with E-state index in [-0.39, 0.29) is 5.91 Å². The summed E-state index contributed by atoms with van der Waals surface area (Å²) in [7, 11) is 0. The molecule has 2 aromatic carbocycles. The summed E-state index contributed by atoms with van der Waals surface area (Å²) < 4.78 is 6.00. The number of carbonyl (C=O) groups is 1. The van der Waals surface area contributed by atoms with Crippen LogP contribution in [-0.4, -0.2) is 22.5 Å². The van der Waals surface area contributed by atoms with Crippen LogP contribution in [0, 0.1) is 6.92 Å². The van der Waals surface area contributed by atoms with Gasteiger partial charge in [-0.15, -0.1) is 0 Å². The van der Waals surface area contributed by atoms with Crippen molar-refractivity contribution in [3.8, 4) is 17.0 Å². The number of amides is 1. The van der Waals surface area contributed by atoms with Gasteiger partial charge < -0.3 is 15.0 Å². The fourth-order valence-corrected chi connectivity index (χ4v) is 2.75. The summed E-state index contributed by atoms with van der Waals surface area (Å²) in [4.78, 5) is 18.3. The first-order chi connectivity index (χ1) is 12.1. The van der Waals surface area contributed by atoms with Gasteiger partial charge in [-0.2, -0.15) is 0 Å². The Bertz CT molecular complexity index is 857. The summed E-state index contributed by atoms with van der Waals surface area (Å²) in [5, 5.41) is 2.80. The fourth-order valence-electron chi connectivity index (χ4n) is 2.75. The van der Waals surface area contributed by atoms with Crippen LogP contribution in [0.25, 0.3) is 11.3 Å². The molecule has 25 heavy (non-hydrogen) atoms. The minimum atomic E-state index is -0.0640. The molecule has 2 N–H and O–H groups in total. The summed E-state index contributed by atoms with van der Waals surface area (Å²) in [6, 6.07) is 13.8. The smallest absolute Gasteiger partial charge is 0.221 e. The zero-order chi connectivity index (χ0) is 17.6. The summed E-state index contributed by atoms with van der Waals surface area (Å²) in [5.41, 5.74) is 5.09. The van der Waals surface area contributed by atoms with E-state index < -0.39 is 0 Å². The van der Waals surface area contributed by atoms with Gasteiger partial charge in [-0.3, -0.25) is 4.79 Å². The predicted octanol–water partition coefficient (Wildman–Crippen LogP) is 3.97. The Labute approximate surface area is 147 Å². The molecule has 0 bridgehead atoms. The van der Waals surface area contributed by atoms with Gasteiger partial charge in [-0.25, -0.2) is 4.98 Å². The van der Waals surface area contributed by atoms with Gasteiger partial charge in [0.1, 0.15) is 5.75 Å². The third-order valence-corrected chi connectivity index (χ3v) is 3.97. The maximum atomic E-state index is 11.1. The molecule has 1 heterocycles. The molecular weight excluding hydrogens is 314 g/mol. The van der Waals surface area contributed by atoms with Crippen LogP contribution in [0.15, 0.2) is 55.0 Å². The number of carbonyl (C=O) groups excluding carboxylic acids is 1. The lowest BCUT2D eigenvalue weighted by molar-refractivity contribution is -0.114. The van der Waals surface area contributed by atoms with E-state index in [4.69, 9.17) is 4.74 Å². The van der Waals surface area contributed by atoms with E-state index in [0.29, 0.717) is 6.61 Å². The fraction of sp³-hybridized carbons (Fsp3) is 0.200. The number of hydrogen-bond donors (Lipinski definition) is 2. The Morgan fingerprint density at radius 1 is 1.24 bits per heavy atom. The number of para-hydroxylation sites is 1. The zero-order valence-electron chi connectivity index (χ0n) is 14.4. The quantitative estimate of drug-likeness (QED) is 0.716. The molecule has 0 fully saturated rings. The third-order valence-electron chi connectivity index (χ3n) is 3.97. The average molecular weight is 335 g/mol. The van der Waals surface area contributed by atoms with E-state index >= 15 is 0 Å². The molecule has 0 radical (unpaired) electrons. The lowest BCUT2D eigenvalue weighted by atomic mass is 10.1. The Morgan fingerprint density at radius 3 is 2.80 bits per heavy atom. The second kappa shape index (κ2) is 7.66. The molecular formula is C20H21N3O2. The Morgan fingerprint density at radius 2 is 2.08 bits per heavy atom. The summed E-state index contributed by atoms with van der Waals surface area (Å²) in [6.07, 6.45) is 4.24. The second-order valence-electron chi connectivity index (χ2n) is 5.88. The molecule has 5 nitrogen and oxygen atoms in total. The molecule has 0 spiro atoms. The molecule has 0 aliphatic heterocycles. The van der Waals surface area contributed by atoms with Crippen LogP contribution in [-0.2, 0) is 11.2 Å². The normalized spacial score (nSPS) is 10.5. The van der Waals surface area contributed by atoms with E-state index in [0.717, 1.165) is 34.7 Å². The number of aryl methyl sites for hydroxylation is 1. The number of anilines is 1. The number of nitrogens with zero attached hydrogens (tertiary/aromatic N) is 1. The maximum absolute atomic E-state index is 11.1. The van der Waals surface area contributed by atoms with Crippen molar-refractivity contribution in [3.63, 3.8) is 0 Å². The number of imidazole rings is 1. The van der Waals surface area contributed by atoms with E-state index in [1.54, 1.807) is 12.5 Å². The molecule has 3 aromatic rings. The standard InChI is InChI=1S/C20H21N3O2/c1-14-11-17(23-15(2)24)8-7-16(14)9-10-25-20-6-4-3-5-18(20)19-12-21-13-22-19/h3-8,11-13H,9-10H2,1-2H3,(H,21,22)(H,23,24). The second-order valence-corrected chi connectivity index (χ2v) is 5.88. The molecule has 1 aromatic heterocycles. The largest absolute Gasteiger partial charge is 0.493 e. The number of aromatic nitrogens is 2. The van der Waals surface area contributed by atoms with E-state index in [1.165, 1.54) is 12.5 Å². The molecule has 3 rings (SSSR count). The van der Waals surface area contributed by atoms with Crippen molar-refractivity contribution in [3.05, 3.63) is 66.1 Å². The third kappa shape index (κ3) is 4.26. The monoisotopic (exact) mass is 335 g/mol. The average Bonchev–Trinajstić information content (AvgIpc) is 3.11. The molecule has 0 aliphatic carbocycles. The number of aromatic amines is 1. The van der Waals surface area contributed by atoms with Crippen molar-refractivity contribution in [2.24, 2.45) is 0 Å². The number of nitrogens with one attached hydrogen (secondary N) is 2. The Kier molecular flexibility index (Phi) is 5.14. The summed E-state index contributed by atoms with van der Waals surface area (Å²) in [5.74, 6) is 0.769. The number of benzene rings is 2. The minimum absolute atomic E-state index is 0.0640. The highest BCUT2D eigenvalue weighted by molar-refractivity contribution is 5.88. The van der Waals surface area contributed by atoms with Crippen molar-refractivity contribution in [1.82, 2.24) is 9.97 Å². The molecule has 128 valence electrons. The van der Waals surface area contributed by atoms with Gasteiger partial charge in [0.25, 0.3) is 0 Å².